The summed E-state index contributed by atoms with van der Waals surface area (Å²) in [6, 6.07) is 0. The van der Waals surface area contributed by atoms with Crippen LogP contribution in [0.2, 0.25) is 0 Å². The van der Waals surface area contributed by atoms with Gasteiger partial charge in [0, 0.05) is 19.5 Å². The van der Waals surface area contributed by atoms with Gasteiger partial charge in [-0.3, -0.25) is 4.79 Å². The lowest BCUT2D eigenvalue weighted by Gasteiger charge is -2.07. The maximum atomic E-state index is 11.8. The molecule has 0 aromatic rings. The molecule has 0 amide bonds. The van der Waals surface area contributed by atoms with E-state index in [9.17, 15) is 4.79 Å². The van der Waals surface area contributed by atoms with Crippen LogP contribution in [-0.4, -0.2) is 18.9 Å². The van der Waals surface area contributed by atoms with Gasteiger partial charge in [0.1, 0.15) is 0 Å². The number of allylic oxidation sites excluding steroid dienone is 3. The van der Waals surface area contributed by atoms with E-state index in [-0.39, 0.29) is 5.78 Å². The molecule has 0 fully saturated rings. The highest BCUT2D eigenvalue weighted by molar-refractivity contribution is 5.94. The van der Waals surface area contributed by atoms with Gasteiger partial charge >= 0.3 is 0 Å². The number of unbranched alkanes of at least 4 members (excludes halogenated alkanes) is 11. The van der Waals surface area contributed by atoms with Crippen molar-refractivity contribution in [1.82, 2.24) is 5.32 Å². The molecule has 0 aliphatic heterocycles. The predicted molar refractivity (Wildman–Crippen MR) is 111 cm³/mol. The van der Waals surface area contributed by atoms with Crippen LogP contribution in [0.3, 0.4) is 0 Å². The zero-order chi connectivity index (χ0) is 18.6. The lowest BCUT2D eigenvalue weighted by Crippen LogP contribution is -2.25. The van der Waals surface area contributed by atoms with Crippen LogP contribution in [0.25, 0.3) is 0 Å². The van der Waals surface area contributed by atoms with E-state index in [1.54, 1.807) is 0 Å². The molecule has 0 unspecified atom stereocenters. The summed E-state index contributed by atoms with van der Waals surface area (Å²) in [5.41, 5.74) is 5.91. The van der Waals surface area contributed by atoms with Crippen LogP contribution in [0.4, 0.5) is 0 Å². The van der Waals surface area contributed by atoms with Crippen molar-refractivity contribution in [2.45, 2.75) is 96.8 Å². The molecule has 3 nitrogen and oxygen atoms in total. The molecule has 0 bridgehead atoms. The van der Waals surface area contributed by atoms with E-state index in [4.69, 9.17) is 5.73 Å². The van der Waals surface area contributed by atoms with E-state index < -0.39 is 0 Å². The molecule has 0 spiro atoms. The summed E-state index contributed by atoms with van der Waals surface area (Å²) in [4.78, 5) is 11.8. The van der Waals surface area contributed by atoms with E-state index in [1.165, 1.54) is 70.6 Å². The topological polar surface area (TPSA) is 55.1 Å². The number of nitrogens with one attached hydrogen (secondary N) is 1. The van der Waals surface area contributed by atoms with Crippen molar-refractivity contribution in [2.24, 2.45) is 5.73 Å². The Morgan fingerprint density at radius 1 is 0.880 bits per heavy atom. The Hall–Kier alpha value is -1.09. The first-order valence-corrected chi connectivity index (χ1v) is 10.5. The van der Waals surface area contributed by atoms with Gasteiger partial charge in [-0.2, -0.15) is 0 Å². The number of carbonyl (C=O) groups is 1. The van der Waals surface area contributed by atoms with Gasteiger partial charge in [0.05, 0.1) is 5.70 Å². The van der Waals surface area contributed by atoms with Crippen LogP contribution in [-0.2, 0) is 4.79 Å². The van der Waals surface area contributed by atoms with Crippen LogP contribution in [0.5, 0.6) is 0 Å². The molecule has 0 aliphatic carbocycles. The van der Waals surface area contributed by atoms with Gasteiger partial charge in [0.25, 0.3) is 0 Å². The molecule has 0 atom stereocenters. The molecule has 0 saturated carbocycles. The van der Waals surface area contributed by atoms with Gasteiger partial charge < -0.3 is 11.1 Å². The second-order valence-corrected chi connectivity index (χ2v) is 6.95. The zero-order valence-corrected chi connectivity index (χ0v) is 16.7. The largest absolute Gasteiger partial charge is 0.381 e. The molecule has 0 saturated heterocycles. The third-order valence-corrected chi connectivity index (χ3v) is 4.48. The standard InChI is InChI=1S/C22H42N2O/c1-3-4-5-6-7-8-9-10-11-12-13-14-15-16-17-18-22(25)21(2)24-20-19-23/h10-11,24H,2-9,12-20,23H2,1H3/b11-10-. The van der Waals surface area contributed by atoms with Gasteiger partial charge in [0.2, 0.25) is 0 Å². The van der Waals surface area contributed by atoms with Crippen molar-refractivity contribution >= 4 is 5.78 Å². The molecule has 146 valence electrons. The highest BCUT2D eigenvalue weighted by Crippen LogP contribution is 2.10. The van der Waals surface area contributed by atoms with Gasteiger partial charge in [-0.15, -0.1) is 0 Å². The Balaban J connectivity index is 3.29. The number of nitrogens with two attached hydrogens (primary N) is 1. The fraction of sp³-hybridized carbons (Fsp3) is 0.773. The van der Waals surface area contributed by atoms with E-state index in [0.29, 0.717) is 25.2 Å². The predicted octanol–water partition coefficient (Wildman–Crippen LogP) is 5.66. The number of ketones is 1. The van der Waals surface area contributed by atoms with E-state index in [0.717, 1.165) is 12.8 Å². The SMILES string of the molecule is C=C(NCCN)C(=O)CCCCCCC/C=C\CCCCCCCC. The molecule has 0 radical (unpaired) electrons. The molecule has 25 heavy (non-hydrogen) atoms. The quantitative estimate of drug-likeness (QED) is 0.180. The first kappa shape index (κ1) is 23.9. The van der Waals surface area contributed by atoms with Crippen molar-refractivity contribution in [1.29, 1.82) is 0 Å². The van der Waals surface area contributed by atoms with Crippen LogP contribution in [0, 0.1) is 0 Å². The Kier molecular flexibility index (Phi) is 18.4. The summed E-state index contributed by atoms with van der Waals surface area (Å²) in [5, 5.41) is 2.96. The maximum absolute atomic E-state index is 11.8. The third kappa shape index (κ3) is 17.5. The number of Topliss-reactive ketones (excluding diaryl/α,β-unsaturated/α-hetero) is 1. The Labute approximate surface area is 156 Å². The van der Waals surface area contributed by atoms with E-state index >= 15 is 0 Å². The fourth-order valence-corrected chi connectivity index (χ4v) is 2.83. The Bertz CT molecular complexity index is 350. The number of rotatable bonds is 19. The molecule has 0 aliphatic rings. The first-order valence-electron chi connectivity index (χ1n) is 10.5. The van der Waals surface area contributed by atoms with E-state index in [2.05, 4.69) is 31.0 Å². The molecule has 0 rings (SSSR count). The Morgan fingerprint density at radius 3 is 1.96 bits per heavy atom. The molecular formula is C22H42N2O. The second-order valence-electron chi connectivity index (χ2n) is 6.95. The maximum Gasteiger partial charge on any atom is 0.178 e. The van der Waals surface area contributed by atoms with Crippen molar-refractivity contribution in [2.75, 3.05) is 13.1 Å². The Morgan fingerprint density at radius 2 is 1.40 bits per heavy atom. The normalized spacial score (nSPS) is 11.1. The lowest BCUT2D eigenvalue weighted by molar-refractivity contribution is -0.116. The molecule has 3 N–H and O–H groups in total. The van der Waals surface area contributed by atoms with Gasteiger partial charge in [-0.25, -0.2) is 0 Å². The molecular weight excluding hydrogens is 308 g/mol. The molecule has 3 heteroatoms. The summed E-state index contributed by atoms with van der Waals surface area (Å²) in [5.74, 6) is 0.131. The average molecular weight is 351 g/mol. The summed E-state index contributed by atoms with van der Waals surface area (Å²) in [6.07, 6.45) is 21.9. The molecule has 0 heterocycles. The van der Waals surface area contributed by atoms with Crippen LogP contribution in [0.15, 0.2) is 24.4 Å². The average Bonchev–Trinajstić information content (AvgIpc) is 2.62. The minimum Gasteiger partial charge on any atom is -0.381 e. The highest BCUT2D eigenvalue weighted by atomic mass is 16.1. The van der Waals surface area contributed by atoms with Gasteiger partial charge in [-0.05, 0) is 32.1 Å². The van der Waals surface area contributed by atoms with Crippen molar-refractivity contribution in [3.8, 4) is 0 Å². The minimum absolute atomic E-state index is 0.131. The highest BCUT2D eigenvalue weighted by Gasteiger charge is 2.05. The summed E-state index contributed by atoms with van der Waals surface area (Å²) in [6.45, 7) is 7.17. The van der Waals surface area contributed by atoms with Crippen LogP contribution in [0.1, 0.15) is 96.8 Å². The summed E-state index contributed by atoms with van der Waals surface area (Å²) in [7, 11) is 0. The second kappa shape index (κ2) is 19.2. The van der Waals surface area contributed by atoms with Gasteiger partial charge in [0.15, 0.2) is 5.78 Å². The van der Waals surface area contributed by atoms with Gasteiger partial charge in [-0.1, -0.05) is 77.0 Å². The summed E-state index contributed by atoms with van der Waals surface area (Å²) < 4.78 is 0. The van der Waals surface area contributed by atoms with Crippen LogP contribution < -0.4 is 11.1 Å². The number of hydrogen-bond acceptors (Lipinski definition) is 3. The molecule has 0 aromatic carbocycles. The van der Waals surface area contributed by atoms with E-state index in [1.807, 2.05) is 0 Å². The smallest absolute Gasteiger partial charge is 0.178 e. The number of hydrogen-bond donors (Lipinski definition) is 2. The number of carbonyl (C=O) groups excluding carboxylic acids is 1. The first-order chi connectivity index (χ1) is 12.2. The molecule has 0 aromatic heterocycles. The van der Waals surface area contributed by atoms with Crippen molar-refractivity contribution in [3.05, 3.63) is 24.4 Å². The summed E-state index contributed by atoms with van der Waals surface area (Å²) >= 11 is 0. The van der Waals surface area contributed by atoms with Crippen molar-refractivity contribution in [3.63, 3.8) is 0 Å². The fourth-order valence-electron chi connectivity index (χ4n) is 2.83. The lowest BCUT2D eigenvalue weighted by atomic mass is 10.1. The monoisotopic (exact) mass is 350 g/mol. The van der Waals surface area contributed by atoms with Crippen LogP contribution >= 0.6 is 0 Å². The van der Waals surface area contributed by atoms with Crippen molar-refractivity contribution < 1.29 is 4.79 Å². The zero-order valence-electron chi connectivity index (χ0n) is 16.7. The third-order valence-electron chi connectivity index (χ3n) is 4.48. The minimum atomic E-state index is 0.131.